The maximum absolute atomic E-state index is 13.1. The molecular weight excluding hydrogens is 320 g/mol. The third-order valence-electron chi connectivity index (χ3n) is 3.09. The van der Waals surface area contributed by atoms with E-state index in [4.69, 9.17) is 0 Å². The Labute approximate surface area is 118 Å². The molecule has 104 valence electrons. The van der Waals surface area contributed by atoms with Gasteiger partial charge in [0.2, 0.25) is 0 Å². The molecule has 0 saturated carbocycles. The Bertz CT molecular complexity index is 494. The van der Waals surface area contributed by atoms with Crippen LogP contribution in [-0.4, -0.2) is 37.0 Å². The number of carbonyl (C=O) groups is 1. The average Bonchev–Trinajstić information content (AvgIpc) is 2.68. The normalized spacial score (nSPS) is 18.5. The van der Waals surface area contributed by atoms with Gasteiger partial charge in [-0.25, -0.2) is 13.6 Å². The summed E-state index contributed by atoms with van der Waals surface area (Å²) in [5.41, 5.74) is 1.32. The lowest BCUT2D eigenvalue weighted by Gasteiger charge is -2.16. The van der Waals surface area contributed by atoms with Gasteiger partial charge < -0.3 is 4.74 Å². The number of esters is 1. The molecule has 19 heavy (non-hydrogen) atoms. The summed E-state index contributed by atoms with van der Waals surface area (Å²) in [6.45, 7) is 0.641. The number of carbonyl (C=O) groups excluding carboxylic acids is 1. The molecule has 0 aromatic heterocycles. The van der Waals surface area contributed by atoms with Crippen molar-refractivity contribution in [3.63, 3.8) is 0 Å². The maximum atomic E-state index is 13.1. The van der Waals surface area contributed by atoms with Gasteiger partial charge in [0.15, 0.2) is 0 Å². The molecule has 0 amide bonds. The lowest BCUT2D eigenvalue weighted by molar-refractivity contribution is 0.0115. The molecule has 6 heteroatoms. The molecule has 0 radical (unpaired) electrons. The smallest absolute Gasteiger partial charge is 0.338 e. The number of likely N-dealkylation sites (tertiary alicyclic amines) is 1. The number of rotatable bonds is 3. The molecule has 1 saturated heterocycles. The van der Waals surface area contributed by atoms with Crippen LogP contribution in [0.2, 0.25) is 0 Å². The molecule has 0 unspecified atom stereocenters. The fourth-order valence-corrected chi connectivity index (χ4v) is 2.72. The second-order valence-electron chi connectivity index (χ2n) is 4.62. The summed E-state index contributed by atoms with van der Waals surface area (Å²) in [5, 5.41) is 0. The second-order valence-corrected chi connectivity index (χ2v) is 5.48. The third kappa shape index (κ3) is 3.51. The Balaban J connectivity index is 2.07. The van der Waals surface area contributed by atoms with Crippen molar-refractivity contribution < 1.29 is 18.3 Å². The zero-order valence-electron chi connectivity index (χ0n) is 10.5. The number of nitrogens with zero attached hydrogens (tertiary/aromatic N) is 1. The molecule has 0 atom stereocenters. The van der Waals surface area contributed by atoms with Gasteiger partial charge in [-0.15, -0.1) is 0 Å². The summed E-state index contributed by atoms with van der Waals surface area (Å²) in [5.74, 6) is -3.01. The highest BCUT2D eigenvalue weighted by molar-refractivity contribution is 9.10. The first-order chi connectivity index (χ1) is 8.91. The van der Waals surface area contributed by atoms with E-state index in [1.165, 1.54) is 7.11 Å². The zero-order chi connectivity index (χ0) is 14.0. The van der Waals surface area contributed by atoms with Crippen LogP contribution in [0.3, 0.4) is 0 Å². The number of alkyl halides is 2. The van der Waals surface area contributed by atoms with Crippen LogP contribution in [0.1, 0.15) is 22.3 Å². The van der Waals surface area contributed by atoms with E-state index in [9.17, 15) is 13.6 Å². The minimum Gasteiger partial charge on any atom is -0.465 e. The Kier molecular flexibility index (Phi) is 4.20. The molecule has 0 N–H and O–H groups in total. The molecule has 3 nitrogen and oxygen atoms in total. The van der Waals surface area contributed by atoms with Crippen LogP contribution in [-0.2, 0) is 11.3 Å². The molecular formula is C13H14BrF2NO2. The van der Waals surface area contributed by atoms with E-state index in [1.54, 1.807) is 23.1 Å². The molecule has 1 aromatic carbocycles. The van der Waals surface area contributed by atoms with E-state index in [2.05, 4.69) is 20.7 Å². The van der Waals surface area contributed by atoms with Gasteiger partial charge in [0.05, 0.1) is 19.2 Å². The first kappa shape index (κ1) is 14.4. The van der Waals surface area contributed by atoms with E-state index in [1.807, 2.05) is 0 Å². The van der Waals surface area contributed by atoms with E-state index >= 15 is 0 Å². The van der Waals surface area contributed by atoms with Crippen LogP contribution in [0.4, 0.5) is 8.78 Å². The SMILES string of the molecule is COC(=O)c1ccc(CN2CCC(F)(F)C2)cc1Br. The highest BCUT2D eigenvalue weighted by Crippen LogP contribution is 2.28. The Morgan fingerprint density at radius 1 is 1.53 bits per heavy atom. The summed E-state index contributed by atoms with van der Waals surface area (Å²) in [4.78, 5) is 13.1. The summed E-state index contributed by atoms with van der Waals surface area (Å²) in [6, 6.07) is 5.16. The van der Waals surface area contributed by atoms with Gasteiger partial charge in [-0.05, 0) is 33.6 Å². The molecule has 0 aliphatic carbocycles. The molecule has 0 bridgehead atoms. The molecule has 2 rings (SSSR count). The van der Waals surface area contributed by atoms with E-state index in [0.717, 1.165) is 5.56 Å². The number of halogens is 3. The summed E-state index contributed by atoms with van der Waals surface area (Å²) in [7, 11) is 1.31. The third-order valence-corrected chi connectivity index (χ3v) is 3.75. The molecule has 0 spiro atoms. The van der Waals surface area contributed by atoms with Crippen LogP contribution >= 0.6 is 15.9 Å². The number of hydrogen-bond donors (Lipinski definition) is 0. The van der Waals surface area contributed by atoms with Crippen LogP contribution in [0.5, 0.6) is 0 Å². The van der Waals surface area contributed by atoms with Crippen molar-refractivity contribution in [2.75, 3.05) is 20.2 Å². The largest absolute Gasteiger partial charge is 0.465 e. The Morgan fingerprint density at radius 2 is 2.26 bits per heavy atom. The van der Waals surface area contributed by atoms with Crippen LogP contribution in [0.15, 0.2) is 22.7 Å². The number of hydrogen-bond acceptors (Lipinski definition) is 3. The first-order valence-electron chi connectivity index (χ1n) is 5.88. The monoisotopic (exact) mass is 333 g/mol. The maximum Gasteiger partial charge on any atom is 0.338 e. The predicted molar refractivity (Wildman–Crippen MR) is 70.3 cm³/mol. The van der Waals surface area contributed by atoms with Crippen LogP contribution < -0.4 is 0 Å². The lowest BCUT2D eigenvalue weighted by Crippen LogP contribution is -2.24. The number of ether oxygens (including phenoxy) is 1. The van der Waals surface area contributed by atoms with Gasteiger partial charge in [-0.2, -0.15) is 0 Å². The minimum absolute atomic E-state index is 0.0889. The molecule has 1 aliphatic rings. The first-order valence-corrected chi connectivity index (χ1v) is 6.67. The molecule has 1 heterocycles. The van der Waals surface area contributed by atoms with Gasteiger partial charge in [0.25, 0.3) is 5.92 Å². The van der Waals surface area contributed by atoms with Crippen LogP contribution in [0.25, 0.3) is 0 Å². The summed E-state index contributed by atoms with van der Waals surface area (Å²) < 4.78 is 31.4. The molecule has 1 aromatic rings. The predicted octanol–water partition coefficient (Wildman–Crippen LogP) is 3.08. The summed E-state index contributed by atoms with van der Waals surface area (Å²) in [6.07, 6.45) is -0.0889. The van der Waals surface area contributed by atoms with Crippen molar-refractivity contribution in [3.05, 3.63) is 33.8 Å². The quantitative estimate of drug-likeness (QED) is 0.796. The van der Waals surface area contributed by atoms with Crippen molar-refractivity contribution in [2.24, 2.45) is 0 Å². The highest BCUT2D eigenvalue weighted by Gasteiger charge is 2.37. The van der Waals surface area contributed by atoms with Gasteiger partial charge in [0, 0.05) is 24.0 Å². The number of methoxy groups -OCH3 is 1. The zero-order valence-corrected chi connectivity index (χ0v) is 12.0. The Hall–Kier alpha value is -1.01. The Morgan fingerprint density at radius 3 is 2.79 bits per heavy atom. The van der Waals surface area contributed by atoms with Crippen molar-refractivity contribution in [1.82, 2.24) is 4.90 Å². The van der Waals surface area contributed by atoms with Crippen molar-refractivity contribution in [2.45, 2.75) is 18.9 Å². The standard InChI is InChI=1S/C13H14BrF2NO2/c1-19-12(18)10-3-2-9(6-11(10)14)7-17-5-4-13(15,16)8-17/h2-3,6H,4-5,7-8H2,1H3. The van der Waals surface area contributed by atoms with E-state index < -0.39 is 11.9 Å². The molecule has 1 fully saturated rings. The van der Waals surface area contributed by atoms with Gasteiger partial charge in [-0.1, -0.05) is 6.07 Å². The van der Waals surface area contributed by atoms with Gasteiger partial charge in [-0.3, -0.25) is 4.90 Å². The second kappa shape index (κ2) is 5.54. The van der Waals surface area contributed by atoms with E-state index in [-0.39, 0.29) is 13.0 Å². The average molecular weight is 334 g/mol. The van der Waals surface area contributed by atoms with Crippen molar-refractivity contribution in [1.29, 1.82) is 0 Å². The topological polar surface area (TPSA) is 29.5 Å². The van der Waals surface area contributed by atoms with Crippen molar-refractivity contribution in [3.8, 4) is 0 Å². The summed E-state index contributed by atoms with van der Waals surface area (Å²) >= 11 is 3.29. The fraction of sp³-hybridized carbons (Fsp3) is 0.462. The minimum atomic E-state index is -2.58. The van der Waals surface area contributed by atoms with E-state index in [0.29, 0.717) is 23.1 Å². The fourth-order valence-electron chi connectivity index (χ4n) is 2.13. The van der Waals surface area contributed by atoms with Gasteiger partial charge >= 0.3 is 5.97 Å². The van der Waals surface area contributed by atoms with Crippen molar-refractivity contribution >= 4 is 21.9 Å². The lowest BCUT2D eigenvalue weighted by atomic mass is 10.1. The highest BCUT2D eigenvalue weighted by atomic mass is 79.9. The van der Waals surface area contributed by atoms with Gasteiger partial charge in [0.1, 0.15) is 0 Å². The molecule has 1 aliphatic heterocycles. The number of benzene rings is 1. The van der Waals surface area contributed by atoms with Crippen LogP contribution in [0, 0.1) is 0 Å².